The van der Waals surface area contributed by atoms with Gasteiger partial charge in [0, 0.05) is 6.54 Å². The zero-order valence-corrected chi connectivity index (χ0v) is 13.5. The summed E-state index contributed by atoms with van der Waals surface area (Å²) < 4.78 is 0. The van der Waals surface area contributed by atoms with Gasteiger partial charge >= 0.3 is 5.97 Å². The fourth-order valence-electron chi connectivity index (χ4n) is 3.34. The maximum Gasteiger partial charge on any atom is 0.335 e. The summed E-state index contributed by atoms with van der Waals surface area (Å²) in [6.45, 7) is 0.514. The first-order valence-corrected chi connectivity index (χ1v) is 8.33. The number of aryl methyl sites for hydroxylation is 1. The van der Waals surface area contributed by atoms with Crippen molar-refractivity contribution in [2.45, 2.75) is 31.6 Å². The molecule has 1 aliphatic carbocycles. The molecule has 0 bridgehead atoms. The molecule has 2 N–H and O–H groups in total. The zero-order valence-electron chi connectivity index (χ0n) is 13.5. The first kappa shape index (κ1) is 16.2. The van der Waals surface area contributed by atoms with E-state index in [1.807, 2.05) is 18.2 Å². The van der Waals surface area contributed by atoms with Crippen LogP contribution in [0.3, 0.4) is 0 Å². The number of hydrogen-bond donors (Lipinski definition) is 2. The number of carbonyl (C=O) groups is 2. The molecule has 1 aliphatic rings. The summed E-state index contributed by atoms with van der Waals surface area (Å²) in [5.41, 5.74) is 3.62. The number of nitrogens with one attached hydrogen (secondary N) is 1. The SMILES string of the molecule is O=C(O)c1cccc(CCNC(=O)C2CCCc3ccccc32)c1. The smallest absolute Gasteiger partial charge is 0.335 e. The predicted molar refractivity (Wildman–Crippen MR) is 92.2 cm³/mol. The Morgan fingerprint density at radius 2 is 1.96 bits per heavy atom. The van der Waals surface area contributed by atoms with Crippen LogP contribution in [-0.4, -0.2) is 23.5 Å². The molecule has 0 spiro atoms. The molecule has 0 saturated heterocycles. The van der Waals surface area contributed by atoms with E-state index in [4.69, 9.17) is 5.11 Å². The number of carbonyl (C=O) groups excluding carboxylic acids is 1. The summed E-state index contributed by atoms with van der Waals surface area (Å²) in [7, 11) is 0. The highest BCUT2D eigenvalue weighted by molar-refractivity contribution is 5.87. The maximum atomic E-state index is 12.5. The number of hydrogen-bond acceptors (Lipinski definition) is 2. The van der Waals surface area contributed by atoms with Crippen molar-refractivity contribution in [3.05, 3.63) is 70.8 Å². The van der Waals surface area contributed by atoms with Crippen LogP contribution in [-0.2, 0) is 17.6 Å². The Labute approximate surface area is 141 Å². The van der Waals surface area contributed by atoms with Gasteiger partial charge in [0.05, 0.1) is 11.5 Å². The van der Waals surface area contributed by atoms with Crippen LogP contribution in [0.15, 0.2) is 48.5 Å². The normalized spacial score (nSPS) is 16.2. The van der Waals surface area contributed by atoms with Crippen molar-refractivity contribution in [1.82, 2.24) is 5.32 Å². The quantitative estimate of drug-likeness (QED) is 0.888. The number of amides is 1. The molecule has 1 unspecified atom stereocenters. The molecular weight excluding hydrogens is 302 g/mol. The minimum Gasteiger partial charge on any atom is -0.478 e. The molecule has 1 amide bonds. The Balaban J connectivity index is 1.59. The molecule has 0 fully saturated rings. The maximum absolute atomic E-state index is 12.5. The minimum absolute atomic E-state index is 0.0662. The van der Waals surface area contributed by atoms with E-state index < -0.39 is 5.97 Å². The molecule has 4 nitrogen and oxygen atoms in total. The summed E-state index contributed by atoms with van der Waals surface area (Å²) in [5.74, 6) is -0.934. The topological polar surface area (TPSA) is 66.4 Å². The van der Waals surface area contributed by atoms with Gasteiger partial charge in [-0.2, -0.15) is 0 Å². The average Bonchev–Trinajstić information content (AvgIpc) is 2.61. The van der Waals surface area contributed by atoms with E-state index in [9.17, 15) is 9.59 Å². The van der Waals surface area contributed by atoms with Crippen LogP contribution in [0.2, 0.25) is 0 Å². The van der Waals surface area contributed by atoms with Crippen LogP contribution >= 0.6 is 0 Å². The van der Waals surface area contributed by atoms with Gasteiger partial charge in [-0.3, -0.25) is 4.79 Å². The molecule has 4 heteroatoms. The fourth-order valence-corrected chi connectivity index (χ4v) is 3.34. The number of rotatable bonds is 5. The molecule has 0 radical (unpaired) electrons. The zero-order chi connectivity index (χ0) is 16.9. The third kappa shape index (κ3) is 3.65. The standard InChI is InChI=1S/C20H21NO3/c22-19(18-10-4-7-15-6-1-2-9-17(15)18)21-12-11-14-5-3-8-16(13-14)20(23)24/h1-3,5-6,8-9,13,18H,4,7,10-12H2,(H,21,22)(H,23,24). The number of carboxylic acid groups (broad SMARTS) is 1. The van der Waals surface area contributed by atoms with Crippen molar-refractivity contribution in [1.29, 1.82) is 0 Å². The third-order valence-corrected chi connectivity index (χ3v) is 4.57. The first-order chi connectivity index (χ1) is 11.6. The van der Waals surface area contributed by atoms with Gasteiger partial charge in [-0.15, -0.1) is 0 Å². The van der Waals surface area contributed by atoms with Gasteiger partial charge in [-0.25, -0.2) is 4.79 Å². The van der Waals surface area contributed by atoms with E-state index in [0.29, 0.717) is 13.0 Å². The Bertz CT molecular complexity index is 754. The number of carboxylic acids is 1. The van der Waals surface area contributed by atoms with E-state index >= 15 is 0 Å². The molecule has 0 aliphatic heterocycles. The lowest BCUT2D eigenvalue weighted by Gasteiger charge is -2.24. The molecule has 3 rings (SSSR count). The van der Waals surface area contributed by atoms with Crippen LogP contribution in [0.1, 0.15) is 45.8 Å². The van der Waals surface area contributed by atoms with Gasteiger partial charge in [0.2, 0.25) is 5.91 Å². The lowest BCUT2D eigenvalue weighted by atomic mass is 9.82. The van der Waals surface area contributed by atoms with Crippen molar-refractivity contribution in [3.63, 3.8) is 0 Å². The Morgan fingerprint density at radius 1 is 1.12 bits per heavy atom. The Kier molecular flexibility index (Phi) is 4.94. The minimum atomic E-state index is -0.931. The molecule has 2 aromatic carbocycles. The monoisotopic (exact) mass is 323 g/mol. The van der Waals surface area contributed by atoms with Crippen molar-refractivity contribution in [2.24, 2.45) is 0 Å². The van der Waals surface area contributed by atoms with Gasteiger partial charge in [0.25, 0.3) is 0 Å². The van der Waals surface area contributed by atoms with Gasteiger partial charge < -0.3 is 10.4 Å². The molecule has 0 aromatic heterocycles. The van der Waals surface area contributed by atoms with Crippen LogP contribution < -0.4 is 5.32 Å². The molecule has 124 valence electrons. The van der Waals surface area contributed by atoms with E-state index in [1.54, 1.807) is 18.2 Å². The van der Waals surface area contributed by atoms with Gasteiger partial charge in [0.1, 0.15) is 0 Å². The van der Waals surface area contributed by atoms with E-state index in [-0.39, 0.29) is 17.4 Å². The van der Waals surface area contributed by atoms with Crippen LogP contribution in [0.25, 0.3) is 0 Å². The highest BCUT2D eigenvalue weighted by Gasteiger charge is 2.25. The number of benzene rings is 2. The van der Waals surface area contributed by atoms with E-state index in [2.05, 4.69) is 17.4 Å². The summed E-state index contributed by atoms with van der Waals surface area (Å²) in [6.07, 6.45) is 3.59. The molecule has 24 heavy (non-hydrogen) atoms. The fraction of sp³-hybridized carbons (Fsp3) is 0.300. The summed E-state index contributed by atoms with van der Waals surface area (Å²) in [5, 5.41) is 12.0. The first-order valence-electron chi connectivity index (χ1n) is 8.33. The van der Waals surface area contributed by atoms with Crippen molar-refractivity contribution >= 4 is 11.9 Å². The second-order valence-corrected chi connectivity index (χ2v) is 6.19. The van der Waals surface area contributed by atoms with Gasteiger partial charge in [-0.05, 0) is 54.5 Å². The van der Waals surface area contributed by atoms with Crippen LogP contribution in [0.5, 0.6) is 0 Å². The van der Waals surface area contributed by atoms with Crippen molar-refractivity contribution in [3.8, 4) is 0 Å². The highest BCUT2D eigenvalue weighted by Crippen LogP contribution is 2.31. The second kappa shape index (κ2) is 7.30. The highest BCUT2D eigenvalue weighted by atomic mass is 16.4. The summed E-state index contributed by atoms with van der Waals surface area (Å²) >= 11 is 0. The number of aromatic carboxylic acids is 1. The predicted octanol–water partition coefficient (Wildman–Crippen LogP) is 3.16. The third-order valence-electron chi connectivity index (χ3n) is 4.57. The van der Waals surface area contributed by atoms with Crippen LogP contribution in [0.4, 0.5) is 0 Å². The lowest BCUT2D eigenvalue weighted by molar-refractivity contribution is -0.122. The lowest BCUT2D eigenvalue weighted by Crippen LogP contribution is -2.32. The van der Waals surface area contributed by atoms with Crippen molar-refractivity contribution in [2.75, 3.05) is 6.54 Å². The Hall–Kier alpha value is -2.62. The van der Waals surface area contributed by atoms with Crippen molar-refractivity contribution < 1.29 is 14.7 Å². The summed E-state index contributed by atoms with van der Waals surface area (Å²) in [6, 6.07) is 15.0. The van der Waals surface area contributed by atoms with Gasteiger partial charge in [-0.1, -0.05) is 36.4 Å². The molecular formula is C20H21NO3. The molecule has 0 heterocycles. The van der Waals surface area contributed by atoms with E-state index in [1.165, 1.54) is 5.56 Å². The largest absolute Gasteiger partial charge is 0.478 e. The van der Waals surface area contributed by atoms with Crippen LogP contribution in [0, 0.1) is 0 Å². The second-order valence-electron chi connectivity index (χ2n) is 6.19. The summed E-state index contributed by atoms with van der Waals surface area (Å²) in [4.78, 5) is 23.5. The number of fused-ring (bicyclic) bond motifs is 1. The van der Waals surface area contributed by atoms with E-state index in [0.717, 1.165) is 30.4 Å². The Morgan fingerprint density at radius 3 is 2.79 bits per heavy atom. The molecule has 2 aromatic rings. The van der Waals surface area contributed by atoms with Gasteiger partial charge in [0.15, 0.2) is 0 Å². The molecule has 0 saturated carbocycles. The average molecular weight is 323 g/mol. The molecule has 1 atom stereocenters.